The Labute approximate surface area is 116 Å². The quantitative estimate of drug-likeness (QED) is 0.911. The van der Waals surface area contributed by atoms with Crippen molar-refractivity contribution in [3.63, 3.8) is 0 Å². The summed E-state index contributed by atoms with van der Waals surface area (Å²) in [6.45, 7) is 0. The van der Waals surface area contributed by atoms with Gasteiger partial charge in [0.1, 0.15) is 5.75 Å². The van der Waals surface area contributed by atoms with Gasteiger partial charge in [-0.15, -0.1) is 0 Å². The Balaban J connectivity index is 2.62. The van der Waals surface area contributed by atoms with Crippen LogP contribution in [-0.4, -0.2) is 18.2 Å². The molecule has 5 heteroatoms. The lowest BCUT2D eigenvalue weighted by Crippen LogP contribution is -2.38. The van der Waals surface area contributed by atoms with Crippen molar-refractivity contribution in [2.45, 2.75) is 43.9 Å². The van der Waals surface area contributed by atoms with Gasteiger partial charge in [0.25, 0.3) is 6.43 Å². The molecular formula is C15H18F2O3. The highest BCUT2D eigenvalue weighted by molar-refractivity contribution is 5.82. The summed E-state index contributed by atoms with van der Waals surface area (Å²) in [5, 5.41) is 9.63. The summed E-state index contributed by atoms with van der Waals surface area (Å²) in [5.74, 6) is -0.962. The summed E-state index contributed by atoms with van der Waals surface area (Å²) in [6, 6.07) is 4.53. The maximum atomic E-state index is 13.4. The van der Waals surface area contributed by atoms with Crippen molar-refractivity contribution in [1.82, 2.24) is 0 Å². The molecule has 1 aromatic rings. The van der Waals surface area contributed by atoms with E-state index >= 15 is 0 Å². The number of carbonyl (C=O) groups is 1. The van der Waals surface area contributed by atoms with E-state index < -0.39 is 17.8 Å². The number of carboxylic acid groups (broad SMARTS) is 1. The molecule has 0 unspecified atom stereocenters. The SMILES string of the molecule is COc1cccc(C2(C(=O)O)CCCCC2)c1C(F)F. The van der Waals surface area contributed by atoms with Gasteiger partial charge < -0.3 is 9.84 Å². The zero-order valence-electron chi connectivity index (χ0n) is 11.4. The van der Waals surface area contributed by atoms with E-state index in [1.165, 1.54) is 19.2 Å². The molecule has 1 N–H and O–H groups in total. The average molecular weight is 284 g/mol. The molecule has 0 heterocycles. The first kappa shape index (κ1) is 14.8. The monoisotopic (exact) mass is 284 g/mol. The highest BCUT2D eigenvalue weighted by Crippen LogP contribution is 2.45. The lowest BCUT2D eigenvalue weighted by atomic mass is 9.68. The van der Waals surface area contributed by atoms with E-state index in [-0.39, 0.29) is 16.9 Å². The minimum atomic E-state index is -2.75. The van der Waals surface area contributed by atoms with Crippen molar-refractivity contribution < 1.29 is 23.4 Å². The van der Waals surface area contributed by atoms with Crippen molar-refractivity contribution in [3.05, 3.63) is 29.3 Å². The first-order valence-electron chi connectivity index (χ1n) is 6.72. The van der Waals surface area contributed by atoms with Gasteiger partial charge in [-0.1, -0.05) is 31.4 Å². The molecule has 1 aliphatic rings. The van der Waals surface area contributed by atoms with Gasteiger partial charge in [-0.25, -0.2) is 8.78 Å². The Hall–Kier alpha value is -1.65. The molecule has 3 nitrogen and oxygen atoms in total. The number of hydrogen-bond donors (Lipinski definition) is 1. The normalized spacial score (nSPS) is 18.0. The molecule has 0 atom stereocenters. The van der Waals surface area contributed by atoms with E-state index in [0.29, 0.717) is 12.8 Å². The Morgan fingerprint density at radius 1 is 1.30 bits per heavy atom. The van der Waals surface area contributed by atoms with Crippen LogP contribution >= 0.6 is 0 Å². The van der Waals surface area contributed by atoms with E-state index in [1.807, 2.05) is 0 Å². The number of ether oxygens (including phenoxy) is 1. The van der Waals surface area contributed by atoms with Gasteiger partial charge >= 0.3 is 5.97 Å². The maximum Gasteiger partial charge on any atom is 0.314 e. The Morgan fingerprint density at radius 3 is 2.45 bits per heavy atom. The van der Waals surface area contributed by atoms with Crippen molar-refractivity contribution in [1.29, 1.82) is 0 Å². The molecule has 0 saturated heterocycles. The number of rotatable bonds is 4. The van der Waals surface area contributed by atoms with Crippen LogP contribution in [-0.2, 0) is 10.2 Å². The fourth-order valence-corrected chi connectivity index (χ4v) is 3.12. The third-order valence-electron chi connectivity index (χ3n) is 4.14. The van der Waals surface area contributed by atoms with Gasteiger partial charge in [0.05, 0.1) is 18.1 Å². The minimum absolute atomic E-state index is 0.0590. The average Bonchev–Trinajstić information content (AvgIpc) is 2.46. The van der Waals surface area contributed by atoms with E-state index in [9.17, 15) is 18.7 Å². The van der Waals surface area contributed by atoms with Crippen LogP contribution in [0.1, 0.15) is 49.7 Å². The van der Waals surface area contributed by atoms with Crippen LogP contribution in [0.4, 0.5) is 8.78 Å². The number of halogens is 2. The van der Waals surface area contributed by atoms with Gasteiger partial charge in [-0.05, 0) is 24.5 Å². The molecule has 2 rings (SSSR count). The van der Waals surface area contributed by atoms with Gasteiger partial charge in [-0.3, -0.25) is 4.79 Å². The zero-order valence-corrected chi connectivity index (χ0v) is 11.4. The van der Waals surface area contributed by atoms with Crippen molar-refractivity contribution in [2.75, 3.05) is 7.11 Å². The maximum absolute atomic E-state index is 13.4. The predicted octanol–water partition coefficient (Wildman–Crippen LogP) is 3.92. The predicted molar refractivity (Wildman–Crippen MR) is 70.3 cm³/mol. The Kier molecular flexibility index (Phi) is 4.26. The Bertz CT molecular complexity index is 494. The number of benzene rings is 1. The fraction of sp³-hybridized carbons (Fsp3) is 0.533. The van der Waals surface area contributed by atoms with Crippen LogP contribution < -0.4 is 4.74 Å². The summed E-state index contributed by atoms with van der Waals surface area (Å²) in [5.41, 5.74) is -1.28. The van der Waals surface area contributed by atoms with Crippen LogP contribution in [0.15, 0.2) is 18.2 Å². The second-order valence-electron chi connectivity index (χ2n) is 5.17. The van der Waals surface area contributed by atoms with Crippen molar-refractivity contribution in [3.8, 4) is 5.75 Å². The van der Waals surface area contributed by atoms with Crippen molar-refractivity contribution >= 4 is 5.97 Å². The second-order valence-corrected chi connectivity index (χ2v) is 5.17. The smallest absolute Gasteiger partial charge is 0.314 e. The van der Waals surface area contributed by atoms with Crippen LogP contribution in [0.2, 0.25) is 0 Å². The first-order chi connectivity index (χ1) is 9.53. The third kappa shape index (κ3) is 2.37. The minimum Gasteiger partial charge on any atom is -0.496 e. The van der Waals surface area contributed by atoms with Crippen LogP contribution in [0.25, 0.3) is 0 Å². The lowest BCUT2D eigenvalue weighted by Gasteiger charge is -2.35. The molecule has 0 spiro atoms. The van der Waals surface area contributed by atoms with E-state index in [4.69, 9.17) is 4.74 Å². The molecular weight excluding hydrogens is 266 g/mol. The topological polar surface area (TPSA) is 46.5 Å². The molecule has 0 amide bonds. The summed E-state index contributed by atoms with van der Waals surface area (Å²) in [6.07, 6.45) is 0.477. The second kappa shape index (κ2) is 5.77. The molecule has 1 aliphatic carbocycles. The standard InChI is InChI=1S/C15H18F2O3/c1-20-11-7-5-6-10(12(11)13(16)17)15(14(18)19)8-3-2-4-9-15/h5-7,13H,2-4,8-9H2,1H3,(H,18,19). The molecule has 1 aromatic carbocycles. The first-order valence-corrected chi connectivity index (χ1v) is 6.72. The van der Waals surface area contributed by atoms with Crippen LogP contribution in [0.3, 0.4) is 0 Å². The van der Waals surface area contributed by atoms with Gasteiger partial charge in [-0.2, -0.15) is 0 Å². The third-order valence-corrected chi connectivity index (χ3v) is 4.14. The molecule has 0 bridgehead atoms. The molecule has 1 saturated carbocycles. The van der Waals surface area contributed by atoms with E-state index in [1.54, 1.807) is 6.07 Å². The Morgan fingerprint density at radius 2 is 1.95 bits per heavy atom. The highest BCUT2D eigenvalue weighted by Gasteiger charge is 2.44. The summed E-state index contributed by atoms with van der Waals surface area (Å²) in [4.78, 5) is 11.8. The van der Waals surface area contributed by atoms with Crippen LogP contribution in [0, 0.1) is 0 Å². The summed E-state index contributed by atoms with van der Waals surface area (Å²) >= 11 is 0. The zero-order chi connectivity index (χ0) is 14.8. The summed E-state index contributed by atoms with van der Waals surface area (Å²) in [7, 11) is 1.32. The van der Waals surface area contributed by atoms with Gasteiger partial charge in [0, 0.05) is 0 Å². The van der Waals surface area contributed by atoms with Crippen molar-refractivity contribution in [2.24, 2.45) is 0 Å². The van der Waals surface area contributed by atoms with E-state index in [0.717, 1.165) is 19.3 Å². The molecule has 0 radical (unpaired) electrons. The lowest BCUT2D eigenvalue weighted by molar-refractivity contribution is -0.145. The fourth-order valence-electron chi connectivity index (χ4n) is 3.12. The number of aliphatic carboxylic acids is 1. The molecule has 0 aliphatic heterocycles. The molecule has 20 heavy (non-hydrogen) atoms. The molecule has 1 fully saturated rings. The number of carboxylic acids is 1. The largest absolute Gasteiger partial charge is 0.496 e. The van der Waals surface area contributed by atoms with Gasteiger partial charge in [0.2, 0.25) is 0 Å². The summed E-state index contributed by atoms with van der Waals surface area (Å²) < 4.78 is 31.8. The van der Waals surface area contributed by atoms with E-state index in [2.05, 4.69) is 0 Å². The van der Waals surface area contributed by atoms with Crippen LogP contribution in [0.5, 0.6) is 5.75 Å². The number of alkyl halides is 2. The van der Waals surface area contributed by atoms with Gasteiger partial charge in [0.15, 0.2) is 0 Å². The number of hydrogen-bond acceptors (Lipinski definition) is 2. The molecule has 0 aromatic heterocycles. The number of methoxy groups -OCH3 is 1. The molecule has 110 valence electrons. The highest BCUT2D eigenvalue weighted by atomic mass is 19.3.